The first-order valence-corrected chi connectivity index (χ1v) is 11.2. The number of halogens is 7. The van der Waals surface area contributed by atoms with E-state index >= 15 is 0 Å². The van der Waals surface area contributed by atoms with Gasteiger partial charge in [0, 0.05) is 18.4 Å². The molecule has 0 aromatic heterocycles. The highest BCUT2D eigenvalue weighted by Crippen LogP contribution is 2.50. The van der Waals surface area contributed by atoms with Crippen LogP contribution in [0.3, 0.4) is 0 Å². The second-order valence-electron chi connectivity index (χ2n) is 7.67. The van der Waals surface area contributed by atoms with Gasteiger partial charge in [-0.25, -0.2) is 8.42 Å². The minimum Gasteiger partial charge on any atom is -0.369 e. The van der Waals surface area contributed by atoms with Crippen molar-refractivity contribution in [2.45, 2.75) is 34.8 Å². The largest absolute Gasteiger partial charge is 0.430 e. The second kappa shape index (κ2) is 8.70. The van der Waals surface area contributed by atoms with E-state index in [0.717, 1.165) is 18.4 Å². The van der Waals surface area contributed by atoms with Gasteiger partial charge in [0.15, 0.2) is 9.84 Å². The van der Waals surface area contributed by atoms with Gasteiger partial charge in [0.25, 0.3) is 5.60 Å². The molecule has 3 rings (SSSR count). The maximum absolute atomic E-state index is 13.2. The third-order valence-electron chi connectivity index (χ3n) is 5.62. The average molecular weight is 533 g/mol. The van der Waals surface area contributed by atoms with Gasteiger partial charge >= 0.3 is 12.4 Å². The molecule has 1 amide bonds. The Kier molecular flexibility index (Phi) is 7.14. The first-order valence-electron chi connectivity index (χ1n) is 9.31. The van der Waals surface area contributed by atoms with Crippen LogP contribution >= 0.6 is 12.4 Å². The molecule has 2 aromatic rings. The topological polar surface area (TPSA) is 109 Å². The van der Waals surface area contributed by atoms with E-state index in [1.165, 1.54) is 18.2 Å². The van der Waals surface area contributed by atoms with Crippen LogP contribution in [-0.2, 0) is 32.2 Å². The Morgan fingerprint density at radius 1 is 1.03 bits per heavy atom. The molecule has 1 atom stereocenters. The molecule has 188 valence electrons. The fraction of sp³-hybridized carbons (Fsp3) is 0.350. The predicted octanol–water partition coefficient (Wildman–Crippen LogP) is 2.70. The van der Waals surface area contributed by atoms with Crippen molar-refractivity contribution in [2.24, 2.45) is 5.73 Å². The normalized spacial score (nSPS) is 19.2. The standard InChI is InChI=1S/C20H18F6N2O4S.ClH/c1-33(31,32)14-6-7-15-11(10-14)8-9-28-17(15,16(27)29)12-2-4-13(5-3-12)18(30,19(21,22)23)20(24,25)26;/h2-7,10,28,30H,8-9H2,1H3,(H2,27,29);1H. The zero-order chi connectivity index (χ0) is 25.0. The SMILES string of the molecule is CS(=O)(=O)c1ccc2c(c1)CCNC2(C(N)=O)c1ccc(C(O)(C(F)(F)F)C(F)(F)F)cc1.Cl. The van der Waals surface area contributed by atoms with Gasteiger partial charge in [-0.3, -0.25) is 10.1 Å². The Labute approximate surface area is 196 Å². The molecule has 0 bridgehead atoms. The number of aliphatic hydroxyl groups is 1. The molecular weight excluding hydrogens is 514 g/mol. The van der Waals surface area contributed by atoms with Crippen molar-refractivity contribution in [3.8, 4) is 0 Å². The molecule has 1 aliphatic heterocycles. The number of alkyl halides is 6. The highest BCUT2D eigenvalue weighted by Gasteiger charge is 2.71. The number of amides is 1. The minimum atomic E-state index is -6.06. The molecule has 34 heavy (non-hydrogen) atoms. The smallest absolute Gasteiger partial charge is 0.369 e. The molecular formula is C20H19ClF6N2O4S. The lowest BCUT2D eigenvalue weighted by Gasteiger charge is -2.39. The summed E-state index contributed by atoms with van der Waals surface area (Å²) in [5.74, 6) is -1.01. The zero-order valence-electron chi connectivity index (χ0n) is 17.3. The number of sulfone groups is 1. The molecule has 0 radical (unpaired) electrons. The summed E-state index contributed by atoms with van der Waals surface area (Å²) in [4.78, 5) is 12.5. The molecule has 0 fully saturated rings. The number of primary amides is 1. The van der Waals surface area contributed by atoms with Gasteiger partial charge < -0.3 is 10.8 Å². The van der Waals surface area contributed by atoms with Crippen LogP contribution in [-0.4, -0.2) is 44.6 Å². The van der Waals surface area contributed by atoms with Crippen LogP contribution in [0.15, 0.2) is 47.4 Å². The highest BCUT2D eigenvalue weighted by molar-refractivity contribution is 7.90. The third-order valence-corrected chi connectivity index (χ3v) is 6.73. The number of rotatable bonds is 4. The van der Waals surface area contributed by atoms with Crippen LogP contribution in [0.25, 0.3) is 0 Å². The first-order chi connectivity index (χ1) is 15.0. The quantitative estimate of drug-likeness (QED) is 0.525. The molecule has 0 aliphatic carbocycles. The van der Waals surface area contributed by atoms with Gasteiger partial charge in [-0.15, -0.1) is 12.4 Å². The summed E-state index contributed by atoms with van der Waals surface area (Å²) in [6, 6.07) is 6.37. The van der Waals surface area contributed by atoms with Crippen molar-refractivity contribution in [1.82, 2.24) is 5.32 Å². The number of nitrogens with two attached hydrogens (primary N) is 1. The first kappa shape index (κ1) is 27.9. The van der Waals surface area contributed by atoms with E-state index in [1.807, 2.05) is 0 Å². The summed E-state index contributed by atoms with van der Waals surface area (Å²) in [6.07, 6.45) is -10.9. The highest BCUT2D eigenvalue weighted by atomic mass is 35.5. The Hall–Kier alpha value is -2.35. The Bertz CT molecular complexity index is 1190. The van der Waals surface area contributed by atoms with E-state index in [1.54, 1.807) is 0 Å². The van der Waals surface area contributed by atoms with Crippen molar-refractivity contribution in [3.63, 3.8) is 0 Å². The van der Waals surface area contributed by atoms with E-state index < -0.39 is 44.8 Å². The lowest BCUT2D eigenvalue weighted by molar-refractivity contribution is -0.376. The number of carbonyl (C=O) groups excluding carboxylic acids is 1. The van der Waals surface area contributed by atoms with Crippen LogP contribution in [0.4, 0.5) is 26.3 Å². The predicted molar refractivity (Wildman–Crippen MR) is 111 cm³/mol. The Morgan fingerprint density at radius 3 is 2.00 bits per heavy atom. The van der Waals surface area contributed by atoms with Gasteiger partial charge in [-0.05, 0) is 35.2 Å². The fourth-order valence-electron chi connectivity index (χ4n) is 3.92. The van der Waals surface area contributed by atoms with E-state index in [4.69, 9.17) is 5.73 Å². The monoisotopic (exact) mass is 532 g/mol. The van der Waals surface area contributed by atoms with Crippen LogP contribution in [0.2, 0.25) is 0 Å². The van der Waals surface area contributed by atoms with E-state index in [0.29, 0.717) is 17.7 Å². The summed E-state index contributed by atoms with van der Waals surface area (Å²) < 4.78 is 103. The van der Waals surface area contributed by atoms with E-state index in [-0.39, 0.29) is 41.4 Å². The number of nitrogens with one attached hydrogen (secondary N) is 1. The van der Waals surface area contributed by atoms with Crippen molar-refractivity contribution in [2.75, 3.05) is 12.8 Å². The van der Waals surface area contributed by atoms with E-state index in [9.17, 15) is 44.7 Å². The lowest BCUT2D eigenvalue weighted by Crippen LogP contribution is -2.57. The molecule has 0 spiro atoms. The summed E-state index contributed by atoms with van der Waals surface area (Å²) in [5, 5.41) is 12.4. The molecule has 2 aromatic carbocycles. The third kappa shape index (κ3) is 4.25. The number of carbonyl (C=O) groups is 1. The molecule has 4 N–H and O–H groups in total. The fourth-order valence-corrected chi connectivity index (χ4v) is 4.59. The van der Waals surface area contributed by atoms with Gasteiger partial charge in [0.2, 0.25) is 5.91 Å². The number of benzene rings is 2. The number of hydrogen-bond donors (Lipinski definition) is 3. The van der Waals surface area contributed by atoms with Crippen LogP contribution in [0.1, 0.15) is 22.3 Å². The molecule has 1 heterocycles. The molecule has 14 heteroatoms. The van der Waals surface area contributed by atoms with Gasteiger partial charge in [0.05, 0.1) is 4.90 Å². The van der Waals surface area contributed by atoms with E-state index in [2.05, 4.69) is 5.32 Å². The average Bonchev–Trinajstić information content (AvgIpc) is 2.69. The van der Waals surface area contributed by atoms with Crippen molar-refractivity contribution >= 4 is 28.2 Å². The second-order valence-corrected chi connectivity index (χ2v) is 9.68. The molecule has 1 unspecified atom stereocenters. The van der Waals surface area contributed by atoms with Gasteiger partial charge in [-0.1, -0.05) is 30.3 Å². The van der Waals surface area contributed by atoms with Crippen molar-refractivity contribution < 1.29 is 44.7 Å². The molecule has 0 saturated heterocycles. The Balaban J connectivity index is 0.00000408. The van der Waals surface area contributed by atoms with Crippen LogP contribution in [0.5, 0.6) is 0 Å². The Morgan fingerprint density at radius 2 is 1.56 bits per heavy atom. The summed E-state index contributed by atoms with van der Waals surface area (Å²) >= 11 is 0. The van der Waals surface area contributed by atoms with Gasteiger partial charge in [0.1, 0.15) is 5.54 Å². The van der Waals surface area contributed by atoms with Crippen molar-refractivity contribution in [1.29, 1.82) is 0 Å². The van der Waals surface area contributed by atoms with Crippen molar-refractivity contribution in [3.05, 3.63) is 64.7 Å². The van der Waals surface area contributed by atoms with Crippen LogP contribution in [0, 0.1) is 0 Å². The molecule has 6 nitrogen and oxygen atoms in total. The summed E-state index contributed by atoms with van der Waals surface area (Å²) in [7, 11) is -3.59. The summed E-state index contributed by atoms with van der Waals surface area (Å²) in [5.41, 5.74) is -2.32. The van der Waals surface area contributed by atoms with Gasteiger partial charge in [-0.2, -0.15) is 26.3 Å². The molecule has 0 saturated carbocycles. The maximum atomic E-state index is 13.2. The van der Waals surface area contributed by atoms with Crippen LogP contribution < -0.4 is 11.1 Å². The maximum Gasteiger partial charge on any atom is 0.430 e. The molecule has 1 aliphatic rings. The minimum absolute atomic E-state index is 0. The number of hydrogen-bond acceptors (Lipinski definition) is 5. The number of fused-ring (bicyclic) bond motifs is 1. The lowest BCUT2D eigenvalue weighted by atomic mass is 9.76. The summed E-state index contributed by atoms with van der Waals surface area (Å²) in [6.45, 7) is 0.111. The zero-order valence-corrected chi connectivity index (χ0v) is 18.9.